The van der Waals surface area contributed by atoms with Gasteiger partial charge in [0.1, 0.15) is 13.2 Å². The average molecular weight is 267 g/mol. The van der Waals surface area contributed by atoms with E-state index in [1.807, 2.05) is 24.9 Å². The van der Waals surface area contributed by atoms with Crippen molar-refractivity contribution in [2.45, 2.75) is 36.5 Å². The molecule has 0 radical (unpaired) electrons. The van der Waals surface area contributed by atoms with E-state index in [4.69, 9.17) is 9.47 Å². The van der Waals surface area contributed by atoms with Crippen molar-refractivity contribution in [2.75, 3.05) is 20.3 Å². The van der Waals surface area contributed by atoms with Gasteiger partial charge in [-0.1, -0.05) is 13.8 Å². The Balaban J connectivity index is 2.05. The topological polar surface area (TPSA) is 30.5 Å². The van der Waals surface area contributed by atoms with E-state index in [2.05, 4.69) is 31.3 Å². The molecular weight excluding hydrogens is 246 g/mol. The van der Waals surface area contributed by atoms with Crippen LogP contribution in [0.1, 0.15) is 20.3 Å². The van der Waals surface area contributed by atoms with Crippen molar-refractivity contribution >= 4 is 11.8 Å². The molecule has 4 heteroatoms. The van der Waals surface area contributed by atoms with Gasteiger partial charge in [0, 0.05) is 16.2 Å². The minimum atomic E-state index is 0.530. The summed E-state index contributed by atoms with van der Waals surface area (Å²) in [5.74, 6) is 1.73. The summed E-state index contributed by atoms with van der Waals surface area (Å²) >= 11 is 1.88. The van der Waals surface area contributed by atoms with Gasteiger partial charge in [0.2, 0.25) is 0 Å². The summed E-state index contributed by atoms with van der Waals surface area (Å²) in [6.45, 7) is 5.76. The van der Waals surface area contributed by atoms with E-state index in [-0.39, 0.29) is 0 Å². The van der Waals surface area contributed by atoms with E-state index < -0.39 is 0 Å². The first-order valence-corrected chi connectivity index (χ1v) is 7.36. The molecule has 1 N–H and O–H groups in total. The molecule has 100 valence electrons. The second-order valence-corrected chi connectivity index (χ2v) is 5.88. The van der Waals surface area contributed by atoms with Crippen LogP contribution in [-0.4, -0.2) is 31.6 Å². The summed E-state index contributed by atoms with van der Waals surface area (Å²) in [6.07, 6.45) is 1.13. The smallest absolute Gasteiger partial charge is 0.162 e. The van der Waals surface area contributed by atoms with Gasteiger partial charge in [-0.25, -0.2) is 0 Å². The fourth-order valence-electron chi connectivity index (χ4n) is 2.16. The molecule has 0 fully saturated rings. The molecule has 2 rings (SSSR count). The molecule has 0 bridgehead atoms. The Bertz CT molecular complexity index is 393. The SMILES string of the molecule is CCC(NC)C(C)Sc1ccc2c(c1)OCCO2. The Hall–Kier alpha value is -0.870. The zero-order valence-corrected chi connectivity index (χ0v) is 12.0. The Morgan fingerprint density at radius 2 is 2.00 bits per heavy atom. The second kappa shape index (κ2) is 6.34. The van der Waals surface area contributed by atoms with Crippen molar-refractivity contribution in [1.82, 2.24) is 5.32 Å². The van der Waals surface area contributed by atoms with Crippen LogP contribution in [0.2, 0.25) is 0 Å². The summed E-state index contributed by atoms with van der Waals surface area (Å²) in [5, 5.41) is 3.89. The van der Waals surface area contributed by atoms with Gasteiger partial charge in [0.05, 0.1) is 0 Å². The van der Waals surface area contributed by atoms with Crippen LogP contribution in [-0.2, 0) is 0 Å². The minimum absolute atomic E-state index is 0.530. The van der Waals surface area contributed by atoms with Gasteiger partial charge < -0.3 is 14.8 Å². The van der Waals surface area contributed by atoms with Crippen LogP contribution in [0.25, 0.3) is 0 Å². The van der Waals surface area contributed by atoms with Gasteiger partial charge in [0.15, 0.2) is 11.5 Å². The van der Waals surface area contributed by atoms with E-state index in [1.165, 1.54) is 4.90 Å². The second-order valence-electron chi connectivity index (χ2n) is 4.43. The van der Waals surface area contributed by atoms with E-state index in [0.717, 1.165) is 17.9 Å². The molecule has 0 aliphatic carbocycles. The van der Waals surface area contributed by atoms with Crippen molar-refractivity contribution in [1.29, 1.82) is 0 Å². The molecule has 2 unspecified atom stereocenters. The first kappa shape index (κ1) is 13.6. The van der Waals surface area contributed by atoms with Crippen molar-refractivity contribution in [3.8, 4) is 11.5 Å². The highest BCUT2D eigenvalue weighted by molar-refractivity contribution is 8.00. The first-order valence-electron chi connectivity index (χ1n) is 6.48. The summed E-state index contributed by atoms with van der Waals surface area (Å²) in [6, 6.07) is 6.72. The van der Waals surface area contributed by atoms with E-state index in [1.54, 1.807) is 0 Å². The molecule has 1 aromatic carbocycles. The van der Waals surface area contributed by atoms with Crippen LogP contribution >= 0.6 is 11.8 Å². The fraction of sp³-hybridized carbons (Fsp3) is 0.571. The monoisotopic (exact) mass is 267 g/mol. The van der Waals surface area contributed by atoms with E-state index in [0.29, 0.717) is 24.5 Å². The van der Waals surface area contributed by atoms with Gasteiger partial charge >= 0.3 is 0 Å². The highest BCUT2D eigenvalue weighted by Gasteiger charge is 2.17. The molecule has 1 aromatic rings. The Kier molecular flexibility index (Phi) is 4.78. The largest absolute Gasteiger partial charge is 0.486 e. The predicted octanol–water partition coefficient (Wildman–Crippen LogP) is 2.94. The number of thioether (sulfide) groups is 1. The minimum Gasteiger partial charge on any atom is -0.486 e. The molecule has 18 heavy (non-hydrogen) atoms. The van der Waals surface area contributed by atoms with E-state index >= 15 is 0 Å². The highest BCUT2D eigenvalue weighted by Crippen LogP contribution is 2.36. The number of rotatable bonds is 5. The third-order valence-corrected chi connectivity index (χ3v) is 4.44. The van der Waals surface area contributed by atoms with Crippen molar-refractivity contribution in [3.63, 3.8) is 0 Å². The molecule has 1 aliphatic heterocycles. The quantitative estimate of drug-likeness (QED) is 0.831. The summed E-state index contributed by atoms with van der Waals surface area (Å²) in [5.41, 5.74) is 0. The molecule has 0 saturated heterocycles. The Labute approximate surface area is 113 Å². The third-order valence-electron chi connectivity index (χ3n) is 3.21. The summed E-state index contributed by atoms with van der Waals surface area (Å²) in [4.78, 5) is 1.24. The Morgan fingerprint density at radius 3 is 2.67 bits per heavy atom. The number of benzene rings is 1. The molecule has 2 atom stereocenters. The fourth-order valence-corrected chi connectivity index (χ4v) is 3.41. The summed E-state index contributed by atoms with van der Waals surface area (Å²) < 4.78 is 11.1. The third kappa shape index (κ3) is 3.12. The number of hydrogen-bond acceptors (Lipinski definition) is 4. The van der Waals surface area contributed by atoms with Gasteiger partial charge in [-0.15, -0.1) is 11.8 Å². The van der Waals surface area contributed by atoms with Crippen molar-refractivity contribution < 1.29 is 9.47 Å². The number of nitrogens with one attached hydrogen (secondary N) is 1. The predicted molar refractivity (Wildman–Crippen MR) is 75.9 cm³/mol. The average Bonchev–Trinajstić information content (AvgIpc) is 2.40. The maximum absolute atomic E-state index is 5.60. The normalized spacial score (nSPS) is 17.3. The van der Waals surface area contributed by atoms with Gasteiger partial charge in [0.25, 0.3) is 0 Å². The molecule has 0 spiro atoms. The molecule has 0 aromatic heterocycles. The molecule has 0 amide bonds. The lowest BCUT2D eigenvalue weighted by molar-refractivity contribution is 0.171. The molecule has 3 nitrogen and oxygen atoms in total. The molecule has 0 saturated carbocycles. The standard InChI is InChI=1S/C14H21NO2S/c1-4-12(15-3)10(2)18-11-5-6-13-14(9-11)17-8-7-16-13/h5-6,9-10,12,15H,4,7-8H2,1-3H3. The van der Waals surface area contributed by atoms with Crippen LogP contribution in [0, 0.1) is 0 Å². The maximum atomic E-state index is 5.60. The highest BCUT2D eigenvalue weighted by atomic mass is 32.2. The molecule has 1 aliphatic rings. The molecule has 1 heterocycles. The maximum Gasteiger partial charge on any atom is 0.162 e. The van der Waals surface area contributed by atoms with Gasteiger partial charge in [-0.3, -0.25) is 0 Å². The summed E-state index contributed by atoms with van der Waals surface area (Å²) in [7, 11) is 2.02. The van der Waals surface area contributed by atoms with Gasteiger partial charge in [-0.2, -0.15) is 0 Å². The van der Waals surface area contributed by atoms with Crippen LogP contribution in [0.15, 0.2) is 23.1 Å². The van der Waals surface area contributed by atoms with Crippen LogP contribution in [0.4, 0.5) is 0 Å². The lowest BCUT2D eigenvalue weighted by atomic mass is 10.2. The lowest BCUT2D eigenvalue weighted by Gasteiger charge is -2.23. The van der Waals surface area contributed by atoms with Crippen molar-refractivity contribution in [2.24, 2.45) is 0 Å². The van der Waals surface area contributed by atoms with Crippen LogP contribution < -0.4 is 14.8 Å². The van der Waals surface area contributed by atoms with Gasteiger partial charge in [-0.05, 0) is 31.7 Å². The first-order chi connectivity index (χ1) is 8.74. The lowest BCUT2D eigenvalue weighted by Crippen LogP contribution is -2.33. The number of ether oxygens (including phenoxy) is 2. The van der Waals surface area contributed by atoms with Crippen LogP contribution in [0.5, 0.6) is 11.5 Å². The van der Waals surface area contributed by atoms with Crippen LogP contribution in [0.3, 0.4) is 0 Å². The number of fused-ring (bicyclic) bond motifs is 1. The zero-order chi connectivity index (χ0) is 13.0. The van der Waals surface area contributed by atoms with Crippen molar-refractivity contribution in [3.05, 3.63) is 18.2 Å². The molecular formula is C14H21NO2S. The zero-order valence-electron chi connectivity index (χ0n) is 11.2. The Morgan fingerprint density at radius 1 is 1.28 bits per heavy atom. The van der Waals surface area contributed by atoms with E-state index in [9.17, 15) is 0 Å². The number of hydrogen-bond donors (Lipinski definition) is 1.